The van der Waals surface area contributed by atoms with Crippen LogP contribution in [0.1, 0.15) is 11.1 Å². The van der Waals surface area contributed by atoms with Crippen molar-refractivity contribution < 1.29 is 12.8 Å². The highest BCUT2D eigenvalue weighted by Crippen LogP contribution is 2.26. The molecular weight excluding hydrogens is 341 g/mol. The molecule has 2 rings (SSSR count). The number of nitrogens with zero attached hydrogens (tertiary/aromatic N) is 2. The lowest BCUT2D eigenvalue weighted by atomic mass is 10.1. The molecule has 0 aliphatic heterocycles. The summed E-state index contributed by atoms with van der Waals surface area (Å²) in [5.41, 5.74) is 1.35. The van der Waals surface area contributed by atoms with Gasteiger partial charge in [0.05, 0.1) is 16.1 Å². The standard InChI is InChI=1S/C15H13ClFN3O2S/c1-20(9-10-2-3-12(17)7-14(10)16)15-5-4-13(23(19,21)22)6-11(15)8-18/h2-7H,9H2,1H3,(H2,19,21,22). The van der Waals surface area contributed by atoms with Crippen LogP contribution in [0.4, 0.5) is 10.1 Å². The molecule has 2 N–H and O–H groups in total. The van der Waals surface area contributed by atoms with Gasteiger partial charge in [-0.3, -0.25) is 0 Å². The summed E-state index contributed by atoms with van der Waals surface area (Å²) in [5.74, 6) is -0.434. The summed E-state index contributed by atoms with van der Waals surface area (Å²) in [6, 6.07) is 10.0. The molecule has 5 nitrogen and oxygen atoms in total. The smallest absolute Gasteiger partial charge is 0.238 e. The van der Waals surface area contributed by atoms with Crippen molar-refractivity contribution in [1.82, 2.24) is 0 Å². The van der Waals surface area contributed by atoms with Gasteiger partial charge in [-0.2, -0.15) is 5.26 Å². The van der Waals surface area contributed by atoms with E-state index >= 15 is 0 Å². The van der Waals surface area contributed by atoms with E-state index in [4.69, 9.17) is 16.7 Å². The topological polar surface area (TPSA) is 87.2 Å². The van der Waals surface area contributed by atoms with Crippen LogP contribution in [0.5, 0.6) is 0 Å². The van der Waals surface area contributed by atoms with Gasteiger partial charge in [0, 0.05) is 18.6 Å². The van der Waals surface area contributed by atoms with Crippen LogP contribution >= 0.6 is 11.6 Å². The molecule has 0 aromatic heterocycles. The Labute approximate surface area is 138 Å². The molecule has 0 unspecified atom stereocenters. The number of rotatable bonds is 4. The Bertz CT molecular complexity index is 894. The average Bonchev–Trinajstić information content (AvgIpc) is 2.48. The molecule has 0 atom stereocenters. The van der Waals surface area contributed by atoms with Crippen molar-refractivity contribution in [3.05, 3.63) is 58.4 Å². The molecule has 0 aliphatic rings. The van der Waals surface area contributed by atoms with E-state index in [0.717, 1.165) is 0 Å². The predicted octanol–water partition coefficient (Wildman–Crippen LogP) is 2.63. The van der Waals surface area contributed by atoms with Gasteiger partial charge < -0.3 is 4.90 Å². The van der Waals surface area contributed by atoms with Gasteiger partial charge in [-0.05, 0) is 35.9 Å². The fraction of sp³-hybridized carbons (Fsp3) is 0.133. The first-order valence-electron chi connectivity index (χ1n) is 6.44. The molecule has 2 aromatic carbocycles. The average molecular weight is 354 g/mol. The zero-order valence-corrected chi connectivity index (χ0v) is 13.7. The predicted molar refractivity (Wildman–Crippen MR) is 86.0 cm³/mol. The molecule has 2 aromatic rings. The Balaban J connectivity index is 2.36. The lowest BCUT2D eigenvalue weighted by molar-refractivity contribution is 0.597. The molecular formula is C15H13ClFN3O2S. The van der Waals surface area contributed by atoms with Gasteiger partial charge in [0.2, 0.25) is 10.0 Å². The van der Waals surface area contributed by atoms with E-state index in [1.54, 1.807) is 18.0 Å². The van der Waals surface area contributed by atoms with Crippen molar-refractivity contribution in [1.29, 1.82) is 5.26 Å². The molecule has 0 bridgehead atoms. The summed E-state index contributed by atoms with van der Waals surface area (Å²) in [6.07, 6.45) is 0. The summed E-state index contributed by atoms with van der Waals surface area (Å²) < 4.78 is 35.8. The van der Waals surface area contributed by atoms with Gasteiger partial charge in [0.15, 0.2) is 0 Å². The third kappa shape index (κ3) is 3.99. The highest BCUT2D eigenvalue weighted by atomic mass is 35.5. The van der Waals surface area contributed by atoms with Crippen LogP contribution in [0, 0.1) is 17.1 Å². The van der Waals surface area contributed by atoms with Crippen molar-refractivity contribution in [2.24, 2.45) is 5.14 Å². The van der Waals surface area contributed by atoms with Crippen molar-refractivity contribution in [2.45, 2.75) is 11.4 Å². The maximum Gasteiger partial charge on any atom is 0.238 e. The first-order chi connectivity index (χ1) is 10.7. The van der Waals surface area contributed by atoms with Crippen LogP contribution in [0.25, 0.3) is 0 Å². The van der Waals surface area contributed by atoms with E-state index in [0.29, 0.717) is 17.8 Å². The maximum atomic E-state index is 13.1. The number of nitrogens with two attached hydrogens (primary N) is 1. The fourth-order valence-electron chi connectivity index (χ4n) is 2.11. The number of nitriles is 1. The number of sulfonamides is 1. The highest BCUT2D eigenvalue weighted by molar-refractivity contribution is 7.89. The SMILES string of the molecule is CN(Cc1ccc(F)cc1Cl)c1ccc(S(N)(=O)=O)cc1C#N. The van der Waals surface area contributed by atoms with Crippen LogP contribution in [0.15, 0.2) is 41.3 Å². The molecule has 0 saturated heterocycles. The zero-order valence-electron chi connectivity index (χ0n) is 12.1. The number of halogens is 2. The molecule has 0 heterocycles. The van der Waals surface area contributed by atoms with Crippen LogP contribution < -0.4 is 10.0 Å². The van der Waals surface area contributed by atoms with Crippen LogP contribution in [-0.4, -0.2) is 15.5 Å². The van der Waals surface area contributed by atoms with E-state index in [1.165, 1.54) is 30.3 Å². The summed E-state index contributed by atoms with van der Waals surface area (Å²) in [5, 5.41) is 14.6. The molecule has 0 amide bonds. The Morgan fingerprint density at radius 2 is 2.00 bits per heavy atom. The Kier molecular flexibility index (Phi) is 4.90. The molecule has 0 saturated carbocycles. The van der Waals surface area contributed by atoms with Crippen molar-refractivity contribution in [3.63, 3.8) is 0 Å². The molecule has 0 spiro atoms. The lowest BCUT2D eigenvalue weighted by Gasteiger charge is -2.21. The van der Waals surface area contributed by atoms with E-state index in [2.05, 4.69) is 0 Å². The third-order valence-electron chi connectivity index (χ3n) is 3.25. The van der Waals surface area contributed by atoms with Gasteiger partial charge in [-0.1, -0.05) is 17.7 Å². The van der Waals surface area contributed by atoms with E-state index in [-0.39, 0.29) is 15.5 Å². The maximum absolute atomic E-state index is 13.1. The van der Waals surface area contributed by atoms with Crippen molar-refractivity contribution >= 4 is 27.3 Å². The quantitative estimate of drug-likeness (QED) is 0.915. The summed E-state index contributed by atoms with van der Waals surface area (Å²) in [4.78, 5) is 1.58. The van der Waals surface area contributed by atoms with Gasteiger partial charge in [-0.25, -0.2) is 17.9 Å². The minimum Gasteiger partial charge on any atom is -0.369 e. The van der Waals surface area contributed by atoms with Crippen LogP contribution in [0.2, 0.25) is 5.02 Å². The number of benzene rings is 2. The fourth-order valence-corrected chi connectivity index (χ4v) is 2.87. The Morgan fingerprint density at radius 3 is 2.57 bits per heavy atom. The molecule has 0 aliphatic carbocycles. The first kappa shape index (κ1) is 17.2. The molecule has 8 heteroatoms. The summed E-state index contributed by atoms with van der Waals surface area (Å²) in [7, 11) is -2.17. The normalized spacial score (nSPS) is 11.1. The zero-order chi connectivity index (χ0) is 17.2. The number of hydrogen-bond acceptors (Lipinski definition) is 4. The minimum atomic E-state index is -3.88. The number of hydrogen-bond donors (Lipinski definition) is 1. The Morgan fingerprint density at radius 1 is 1.30 bits per heavy atom. The molecule has 120 valence electrons. The lowest BCUT2D eigenvalue weighted by Crippen LogP contribution is -2.19. The van der Waals surface area contributed by atoms with Gasteiger partial charge in [0.1, 0.15) is 11.9 Å². The van der Waals surface area contributed by atoms with Gasteiger partial charge in [0.25, 0.3) is 0 Å². The van der Waals surface area contributed by atoms with Crippen LogP contribution in [-0.2, 0) is 16.6 Å². The second kappa shape index (κ2) is 6.54. The summed E-state index contributed by atoms with van der Waals surface area (Å²) in [6.45, 7) is 0.322. The van der Waals surface area contributed by atoms with Gasteiger partial charge >= 0.3 is 0 Å². The number of primary sulfonamides is 1. The molecule has 23 heavy (non-hydrogen) atoms. The van der Waals surface area contributed by atoms with E-state index in [1.807, 2.05) is 6.07 Å². The Hall–Kier alpha value is -2.14. The molecule has 0 fully saturated rings. The first-order valence-corrected chi connectivity index (χ1v) is 8.37. The second-order valence-electron chi connectivity index (χ2n) is 4.93. The largest absolute Gasteiger partial charge is 0.369 e. The van der Waals surface area contributed by atoms with Crippen molar-refractivity contribution in [3.8, 4) is 6.07 Å². The second-order valence-corrected chi connectivity index (χ2v) is 6.90. The summed E-state index contributed by atoms with van der Waals surface area (Å²) >= 11 is 5.99. The minimum absolute atomic E-state index is 0.133. The van der Waals surface area contributed by atoms with E-state index < -0.39 is 15.8 Å². The van der Waals surface area contributed by atoms with Crippen LogP contribution in [0.3, 0.4) is 0 Å². The monoisotopic (exact) mass is 353 g/mol. The number of anilines is 1. The molecule has 0 radical (unpaired) electrons. The third-order valence-corrected chi connectivity index (χ3v) is 4.51. The van der Waals surface area contributed by atoms with Crippen molar-refractivity contribution in [2.75, 3.05) is 11.9 Å². The highest BCUT2D eigenvalue weighted by Gasteiger charge is 2.15. The van der Waals surface area contributed by atoms with E-state index in [9.17, 15) is 18.1 Å². The van der Waals surface area contributed by atoms with Gasteiger partial charge in [-0.15, -0.1) is 0 Å².